The SMILES string of the molecule is COCCN(CCC#N)C(=O)CC(N)C1CC1. The maximum atomic E-state index is 12.0. The third-order valence-corrected chi connectivity index (χ3v) is 3.05. The van der Waals surface area contributed by atoms with Gasteiger partial charge in [0.05, 0.1) is 19.1 Å². The lowest BCUT2D eigenvalue weighted by Gasteiger charge is -2.23. The summed E-state index contributed by atoms with van der Waals surface area (Å²) < 4.78 is 4.96. The van der Waals surface area contributed by atoms with Gasteiger partial charge in [-0.1, -0.05) is 0 Å². The highest BCUT2D eigenvalue weighted by Crippen LogP contribution is 2.32. The van der Waals surface area contributed by atoms with E-state index in [9.17, 15) is 4.79 Å². The van der Waals surface area contributed by atoms with E-state index in [-0.39, 0.29) is 11.9 Å². The van der Waals surface area contributed by atoms with Crippen molar-refractivity contribution in [1.29, 1.82) is 5.26 Å². The quantitative estimate of drug-likeness (QED) is 0.669. The zero-order chi connectivity index (χ0) is 12.7. The molecule has 0 spiro atoms. The normalized spacial score (nSPS) is 16.3. The Bertz CT molecular complexity index is 284. The van der Waals surface area contributed by atoms with Gasteiger partial charge in [0.25, 0.3) is 0 Å². The van der Waals surface area contributed by atoms with Crippen LogP contribution in [0.5, 0.6) is 0 Å². The number of ether oxygens (including phenoxy) is 1. The molecule has 0 heterocycles. The zero-order valence-corrected chi connectivity index (χ0v) is 10.4. The molecule has 1 fully saturated rings. The topological polar surface area (TPSA) is 79.3 Å². The first-order valence-corrected chi connectivity index (χ1v) is 6.08. The van der Waals surface area contributed by atoms with Crippen LogP contribution in [-0.2, 0) is 9.53 Å². The van der Waals surface area contributed by atoms with Crippen molar-refractivity contribution in [3.8, 4) is 6.07 Å². The average molecular weight is 239 g/mol. The van der Waals surface area contributed by atoms with E-state index in [2.05, 4.69) is 6.07 Å². The molecule has 0 radical (unpaired) electrons. The molecule has 5 heteroatoms. The Labute approximate surface area is 103 Å². The summed E-state index contributed by atoms with van der Waals surface area (Å²) in [4.78, 5) is 13.7. The van der Waals surface area contributed by atoms with Gasteiger partial charge >= 0.3 is 0 Å². The van der Waals surface area contributed by atoms with Gasteiger partial charge in [-0.3, -0.25) is 4.79 Å². The van der Waals surface area contributed by atoms with Crippen LogP contribution in [0.25, 0.3) is 0 Å². The molecule has 1 atom stereocenters. The van der Waals surface area contributed by atoms with Crippen molar-refractivity contribution in [3.05, 3.63) is 0 Å². The maximum Gasteiger partial charge on any atom is 0.224 e. The first kappa shape index (κ1) is 13.9. The summed E-state index contributed by atoms with van der Waals surface area (Å²) in [5.74, 6) is 0.566. The first-order chi connectivity index (χ1) is 8.19. The predicted octanol–water partition coefficient (Wildman–Crippen LogP) is 0.502. The number of methoxy groups -OCH3 is 1. The van der Waals surface area contributed by atoms with Crippen molar-refractivity contribution < 1.29 is 9.53 Å². The second-order valence-electron chi connectivity index (χ2n) is 4.49. The van der Waals surface area contributed by atoms with E-state index in [0.717, 1.165) is 12.8 Å². The largest absolute Gasteiger partial charge is 0.383 e. The van der Waals surface area contributed by atoms with Crippen LogP contribution in [0, 0.1) is 17.2 Å². The highest BCUT2D eigenvalue weighted by Gasteiger charge is 2.30. The molecule has 5 nitrogen and oxygen atoms in total. The molecule has 1 unspecified atom stereocenters. The van der Waals surface area contributed by atoms with Gasteiger partial charge in [0.15, 0.2) is 0 Å². The van der Waals surface area contributed by atoms with E-state index >= 15 is 0 Å². The molecule has 2 N–H and O–H groups in total. The summed E-state index contributed by atoms with van der Waals surface area (Å²) in [6.45, 7) is 1.50. The van der Waals surface area contributed by atoms with Crippen LogP contribution < -0.4 is 5.73 Å². The second-order valence-corrected chi connectivity index (χ2v) is 4.49. The number of carbonyl (C=O) groups is 1. The van der Waals surface area contributed by atoms with Crippen LogP contribution in [0.2, 0.25) is 0 Å². The number of hydrogen-bond donors (Lipinski definition) is 1. The van der Waals surface area contributed by atoms with Gasteiger partial charge in [-0.2, -0.15) is 5.26 Å². The lowest BCUT2D eigenvalue weighted by atomic mass is 10.1. The predicted molar refractivity (Wildman–Crippen MR) is 64.0 cm³/mol. The zero-order valence-electron chi connectivity index (χ0n) is 10.4. The van der Waals surface area contributed by atoms with Gasteiger partial charge < -0.3 is 15.4 Å². The van der Waals surface area contributed by atoms with Crippen molar-refractivity contribution >= 4 is 5.91 Å². The molecule has 0 aromatic carbocycles. The molecule has 0 aromatic heterocycles. The van der Waals surface area contributed by atoms with Crippen LogP contribution in [0.4, 0.5) is 0 Å². The van der Waals surface area contributed by atoms with E-state index in [1.807, 2.05) is 0 Å². The fourth-order valence-electron chi connectivity index (χ4n) is 1.77. The number of nitriles is 1. The molecule has 17 heavy (non-hydrogen) atoms. The minimum Gasteiger partial charge on any atom is -0.383 e. The van der Waals surface area contributed by atoms with E-state index < -0.39 is 0 Å². The molecule has 0 bridgehead atoms. The van der Waals surface area contributed by atoms with Crippen molar-refractivity contribution in [2.24, 2.45) is 11.7 Å². The Hall–Kier alpha value is -1.12. The lowest BCUT2D eigenvalue weighted by Crippen LogP contribution is -2.39. The van der Waals surface area contributed by atoms with Gasteiger partial charge in [-0.15, -0.1) is 0 Å². The fourth-order valence-corrected chi connectivity index (χ4v) is 1.77. The Balaban J connectivity index is 2.36. The monoisotopic (exact) mass is 239 g/mol. The molecule has 1 amide bonds. The third-order valence-electron chi connectivity index (χ3n) is 3.05. The maximum absolute atomic E-state index is 12.0. The van der Waals surface area contributed by atoms with E-state index in [0.29, 0.717) is 38.5 Å². The number of rotatable bonds is 8. The molecule has 1 aliphatic carbocycles. The molecule has 0 saturated heterocycles. The van der Waals surface area contributed by atoms with Crippen molar-refractivity contribution in [2.75, 3.05) is 26.8 Å². The molecule has 0 aliphatic heterocycles. The number of nitrogens with zero attached hydrogens (tertiary/aromatic N) is 2. The summed E-state index contributed by atoms with van der Waals surface area (Å²) in [6.07, 6.45) is 3.03. The fraction of sp³-hybridized carbons (Fsp3) is 0.833. The summed E-state index contributed by atoms with van der Waals surface area (Å²) in [7, 11) is 1.60. The summed E-state index contributed by atoms with van der Waals surface area (Å²) in [5, 5.41) is 8.56. The van der Waals surface area contributed by atoms with Gasteiger partial charge in [0.2, 0.25) is 5.91 Å². The standard InChI is InChI=1S/C12H21N3O2/c1-17-8-7-15(6-2-5-13)12(16)9-11(14)10-3-4-10/h10-11H,2-4,6-9,14H2,1H3. The average Bonchev–Trinajstić information content (AvgIpc) is 3.12. The van der Waals surface area contributed by atoms with Gasteiger partial charge in [0.1, 0.15) is 0 Å². The molecular formula is C12H21N3O2. The van der Waals surface area contributed by atoms with Crippen LogP contribution in [0.15, 0.2) is 0 Å². The van der Waals surface area contributed by atoms with E-state index in [1.54, 1.807) is 12.0 Å². The molecule has 0 aromatic rings. The number of nitrogens with two attached hydrogens (primary N) is 1. The molecule has 1 rings (SSSR count). The Morgan fingerprint density at radius 1 is 1.59 bits per heavy atom. The van der Waals surface area contributed by atoms with Gasteiger partial charge in [0, 0.05) is 32.7 Å². The van der Waals surface area contributed by atoms with Crippen molar-refractivity contribution in [3.63, 3.8) is 0 Å². The highest BCUT2D eigenvalue weighted by atomic mass is 16.5. The van der Waals surface area contributed by atoms with Gasteiger partial charge in [-0.25, -0.2) is 0 Å². The summed E-state index contributed by atoms with van der Waals surface area (Å²) >= 11 is 0. The number of carbonyl (C=O) groups excluding carboxylic acids is 1. The minimum absolute atomic E-state index is 0.0189. The van der Waals surface area contributed by atoms with Gasteiger partial charge in [-0.05, 0) is 18.8 Å². The summed E-state index contributed by atoms with van der Waals surface area (Å²) in [5.41, 5.74) is 5.93. The molecule has 1 saturated carbocycles. The van der Waals surface area contributed by atoms with Crippen molar-refractivity contribution in [2.45, 2.75) is 31.7 Å². The lowest BCUT2D eigenvalue weighted by molar-refractivity contribution is -0.132. The Kier molecular flexibility index (Phi) is 5.95. The number of hydrogen-bond acceptors (Lipinski definition) is 4. The van der Waals surface area contributed by atoms with Crippen LogP contribution in [0.1, 0.15) is 25.7 Å². The molecular weight excluding hydrogens is 218 g/mol. The minimum atomic E-state index is -0.0189. The number of amides is 1. The summed E-state index contributed by atoms with van der Waals surface area (Å²) in [6, 6.07) is 2.03. The van der Waals surface area contributed by atoms with Crippen LogP contribution in [-0.4, -0.2) is 43.7 Å². The molecule has 1 aliphatic rings. The van der Waals surface area contributed by atoms with Crippen LogP contribution >= 0.6 is 0 Å². The second kappa shape index (κ2) is 7.25. The van der Waals surface area contributed by atoms with Crippen LogP contribution in [0.3, 0.4) is 0 Å². The van der Waals surface area contributed by atoms with E-state index in [1.165, 1.54) is 0 Å². The Morgan fingerprint density at radius 2 is 2.29 bits per heavy atom. The first-order valence-electron chi connectivity index (χ1n) is 6.08. The Morgan fingerprint density at radius 3 is 2.82 bits per heavy atom. The van der Waals surface area contributed by atoms with E-state index in [4.69, 9.17) is 15.7 Å². The highest BCUT2D eigenvalue weighted by molar-refractivity contribution is 5.76. The third kappa shape index (κ3) is 5.16. The molecule has 96 valence electrons. The smallest absolute Gasteiger partial charge is 0.224 e. The van der Waals surface area contributed by atoms with Crippen molar-refractivity contribution in [1.82, 2.24) is 4.90 Å².